The Kier molecular flexibility index (Phi) is 65.9. The average molecular weight is 1420 g/mol. The summed E-state index contributed by atoms with van der Waals surface area (Å²) in [5.41, 5.74) is 0. The number of hydrogen-bond donors (Lipinski definition) is 3. The molecule has 0 rings (SSSR count). The van der Waals surface area contributed by atoms with Crippen molar-refractivity contribution in [3.05, 3.63) is 0 Å². The fraction of sp³-hybridized carbons (Fsp3) is 0.949. The van der Waals surface area contributed by atoms with Gasteiger partial charge in [0, 0.05) is 25.7 Å². The van der Waals surface area contributed by atoms with Crippen molar-refractivity contribution in [2.75, 3.05) is 39.6 Å². The van der Waals surface area contributed by atoms with Crippen LogP contribution < -0.4 is 0 Å². The van der Waals surface area contributed by atoms with Gasteiger partial charge in [-0.3, -0.25) is 37.3 Å². The maximum Gasteiger partial charge on any atom is 0.472 e. The van der Waals surface area contributed by atoms with Crippen LogP contribution in [-0.4, -0.2) is 96.7 Å². The fourth-order valence-electron chi connectivity index (χ4n) is 11.9. The quantitative estimate of drug-likeness (QED) is 0.0222. The molecule has 576 valence electrons. The maximum atomic E-state index is 13.1. The van der Waals surface area contributed by atoms with E-state index in [0.717, 1.165) is 108 Å². The van der Waals surface area contributed by atoms with Crippen molar-refractivity contribution in [2.45, 2.75) is 414 Å². The lowest BCUT2D eigenvalue weighted by Crippen LogP contribution is -2.30. The van der Waals surface area contributed by atoms with Crippen LogP contribution in [0.5, 0.6) is 0 Å². The largest absolute Gasteiger partial charge is 0.472 e. The molecule has 97 heavy (non-hydrogen) atoms. The van der Waals surface area contributed by atoms with Gasteiger partial charge < -0.3 is 33.8 Å². The van der Waals surface area contributed by atoms with Gasteiger partial charge in [-0.05, 0) is 49.4 Å². The number of ether oxygens (including phenoxy) is 4. The SMILES string of the molecule is CCC(C)CCCCCCCCCCCCCCCCC(=O)OC[C@H](COP(=O)(O)OCC(O)COP(=O)(O)OC[C@@H](COC(=O)CCCCCCCCCC(C)C)OC(=O)CCCCCCCCCCCCCCCCCCC(C)C)OC(=O)CCCCCCCCCC(C)C. The lowest BCUT2D eigenvalue weighted by molar-refractivity contribution is -0.161. The van der Waals surface area contributed by atoms with Crippen molar-refractivity contribution in [1.82, 2.24) is 0 Å². The van der Waals surface area contributed by atoms with Gasteiger partial charge in [-0.15, -0.1) is 0 Å². The molecule has 0 saturated heterocycles. The van der Waals surface area contributed by atoms with Crippen LogP contribution in [0, 0.1) is 23.7 Å². The monoisotopic (exact) mass is 1420 g/mol. The molecule has 0 radical (unpaired) electrons. The highest BCUT2D eigenvalue weighted by Gasteiger charge is 2.30. The molecule has 0 spiro atoms. The molecule has 0 aliphatic heterocycles. The highest BCUT2D eigenvalue weighted by atomic mass is 31.2. The van der Waals surface area contributed by atoms with Crippen LogP contribution in [0.3, 0.4) is 0 Å². The third kappa shape index (κ3) is 70.9. The van der Waals surface area contributed by atoms with Gasteiger partial charge in [-0.2, -0.15) is 0 Å². The Hall–Kier alpha value is -1.94. The van der Waals surface area contributed by atoms with Crippen molar-refractivity contribution >= 4 is 39.5 Å². The molecule has 19 heteroatoms. The summed E-state index contributed by atoms with van der Waals surface area (Å²) < 4.78 is 68.5. The van der Waals surface area contributed by atoms with Gasteiger partial charge in [0.05, 0.1) is 26.4 Å². The second kappa shape index (κ2) is 67.2. The predicted octanol–water partition coefficient (Wildman–Crippen LogP) is 22.8. The van der Waals surface area contributed by atoms with Gasteiger partial charge in [-0.25, -0.2) is 9.13 Å². The Bertz CT molecular complexity index is 1900. The summed E-state index contributed by atoms with van der Waals surface area (Å²) in [5, 5.41) is 10.6. The van der Waals surface area contributed by atoms with Crippen molar-refractivity contribution in [2.24, 2.45) is 23.7 Å². The van der Waals surface area contributed by atoms with Crippen LogP contribution in [0.25, 0.3) is 0 Å². The molecular weight excluding hydrogens is 1270 g/mol. The summed E-state index contributed by atoms with van der Waals surface area (Å²) in [6.45, 7) is 14.2. The van der Waals surface area contributed by atoms with E-state index in [1.165, 1.54) is 193 Å². The highest BCUT2D eigenvalue weighted by Crippen LogP contribution is 2.45. The first-order valence-electron chi connectivity index (χ1n) is 40.2. The van der Waals surface area contributed by atoms with E-state index in [-0.39, 0.29) is 25.7 Å². The summed E-state index contributed by atoms with van der Waals surface area (Å²) in [4.78, 5) is 72.8. The lowest BCUT2D eigenvalue weighted by Gasteiger charge is -2.21. The number of unbranched alkanes of at least 4 members (excludes halogenated alkanes) is 40. The minimum absolute atomic E-state index is 0.103. The molecule has 6 atom stereocenters. The van der Waals surface area contributed by atoms with Crippen LogP contribution in [0.1, 0.15) is 396 Å². The number of aliphatic hydroxyl groups is 1. The molecule has 17 nitrogen and oxygen atoms in total. The maximum absolute atomic E-state index is 13.1. The standard InChI is InChI=1S/C78H152O17P2/c1-9-71(8)57-49-41-33-25-21-17-14-15-18-22-26-34-42-50-58-75(80)88-64-74(95-78(83)61-53-45-37-29-32-40-48-56-70(6)7)67-93-97(86,87)91-63-72(79)62-90-96(84,85)92-66-73(65-89-76(81)59-51-43-36-28-31-39-47-55-69(4)5)94-77(82)60-52-44-35-27-23-19-13-11-10-12-16-20-24-30-38-46-54-68(2)3/h68-74,79H,9-67H2,1-8H3,(H,84,85)(H,86,87)/t71?,72?,73-,74-/m1/s1. The molecule has 0 aliphatic carbocycles. The third-order valence-electron chi connectivity index (χ3n) is 18.4. The van der Waals surface area contributed by atoms with Gasteiger partial charge in [0.2, 0.25) is 0 Å². The van der Waals surface area contributed by atoms with Crippen molar-refractivity contribution < 1.29 is 80.2 Å². The number of carbonyl (C=O) groups excluding carboxylic acids is 4. The fourth-order valence-corrected chi connectivity index (χ4v) is 13.5. The minimum Gasteiger partial charge on any atom is -0.462 e. The van der Waals surface area contributed by atoms with Crippen LogP contribution in [0.4, 0.5) is 0 Å². The number of phosphoric acid groups is 2. The van der Waals surface area contributed by atoms with E-state index >= 15 is 0 Å². The predicted molar refractivity (Wildman–Crippen MR) is 395 cm³/mol. The zero-order valence-corrected chi connectivity index (χ0v) is 65.5. The van der Waals surface area contributed by atoms with E-state index in [1.807, 2.05) is 0 Å². The van der Waals surface area contributed by atoms with Gasteiger partial charge in [0.25, 0.3) is 0 Å². The van der Waals surface area contributed by atoms with Crippen molar-refractivity contribution in [3.63, 3.8) is 0 Å². The second-order valence-electron chi connectivity index (χ2n) is 29.8. The first-order chi connectivity index (χ1) is 46.6. The van der Waals surface area contributed by atoms with Gasteiger partial charge in [-0.1, -0.05) is 344 Å². The Labute approximate surface area is 594 Å². The van der Waals surface area contributed by atoms with E-state index in [2.05, 4.69) is 55.4 Å². The highest BCUT2D eigenvalue weighted by molar-refractivity contribution is 7.47. The van der Waals surface area contributed by atoms with Gasteiger partial charge >= 0.3 is 39.5 Å². The van der Waals surface area contributed by atoms with Gasteiger partial charge in [0.1, 0.15) is 19.3 Å². The first kappa shape index (κ1) is 95.1. The zero-order chi connectivity index (χ0) is 71.7. The molecule has 0 bridgehead atoms. The van der Waals surface area contributed by atoms with E-state index in [9.17, 15) is 43.2 Å². The van der Waals surface area contributed by atoms with Crippen molar-refractivity contribution in [3.8, 4) is 0 Å². The summed E-state index contributed by atoms with van der Waals surface area (Å²) in [6.07, 6.45) is 52.9. The Morgan fingerprint density at radius 2 is 0.495 bits per heavy atom. The number of hydrogen-bond acceptors (Lipinski definition) is 15. The number of phosphoric ester groups is 2. The number of esters is 4. The smallest absolute Gasteiger partial charge is 0.462 e. The molecule has 4 unspecified atom stereocenters. The van der Waals surface area contributed by atoms with Crippen molar-refractivity contribution in [1.29, 1.82) is 0 Å². The summed E-state index contributed by atoms with van der Waals surface area (Å²) in [5.74, 6) is 0.938. The zero-order valence-electron chi connectivity index (χ0n) is 63.7. The summed E-state index contributed by atoms with van der Waals surface area (Å²) >= 11 is 0. The molecule has 0 amide bonds. The molecule has 0 heterocycles. The van der Waals surface area contributed by atoms with E-state index in [4.69, 9.17) is 37.0 Å². The molecule has 0 saturated carbocycles. The van der Waals surface area contributed by atoms with E-state index < -0.39 is 97.5 Å². The normalized spacial score (nSPS) is 14.4. The first-order valence-corrected chi connectivity index (χ1v) is 43.2. The van der Waals surface area contributed by atoms with Gasteiger partial charge in [0.15, 0.2) is 12.2 Å². The van der Waals surface area contributed by atoms with Crippen LogP contribution in [-0.2, 0) is 65.4 Å². The Balaban J connectivity index is 5.17. The molecule has 0 aromatic carbocycles. The number of rotatable bonds is 75. The lowest BCUT2D eigenvalue weighted by atomic mass is 9.99. The molecule has 0 aromatic rings. The molecule has 0 aromatic heterocycles. The molecule has 3 N–H and O–H groups in total. The topological polar surface area (TPSA) is 237 Å². The molecule has 0 fully saturated rings. The Morgan fingerprint density at radius 1 is 0.289 bits per heavy atom. The summed E-state index contributed by atoms with van der Waals surface area (Å²) in [6, 6.07) is 0. The minimum atomic E-state index is -4.96. The Morgan fingerprint density at radius 3 is 0.732 bits per heavy atom. The van der Waals surface area contributed by atoms with E-state index in [1.54, 1.807) is 0 Å². The van der Waals surface area contributed by atoms with Crippen LogP contribution >= 0.6 is 15.6 Å². The van der Waals surface area contributed by atoms with Crippen LogP contribution in [0.2, 0.25) is 0 Å². The number of carbonyl (C=O) groups is 4. The molecular formula is C78H152O17P2. The third-order valence-corrected chi connectivity index (χ3v) is 20.3. The molecule has 0 aliphatic rings. The second-order valence-corrected chi connectivity index (χ2v) is 32.7. The summed E-state index contributed by atoms with van der Waals surface area (Å²) in [7, 11) is -9.91. The number of aliphatic hydroxyl groups excluding tert-OH is 1. The van der Waals surface area contributed by atoms with Crippen LogP contribution in [0.15, 0.2) is 0 Å². The average Bonchev–Trinajstić information content (AvgIpc) is 1.45. The van der Waals surface area contributed by atoms with E-state index in [0.29, 0.717) is 37.5 Å².